The highest BCUT2D eigenvalue weighted by Crippen LogP contribution is 2.24. The lowest BCUT2D eigenvalue weighted by molar-refractivity contribution is 0.0495. The van der Waals surface area contributed by atoms with Crippen LogP contribution >= 0.6 is 22.9 Å². The van der Waals surface area contributed by atoms with Crippen molar-refractivity contribution in [1.82, 2.24) is 4.31 Å². The SMILES string of the molecule is CN(CC1CCCOC1)S(=O)(=O)c1csc(CCl)c1. The van der Waals surface area contributed by atoms with Gasteiger partial charge < -0.3 is 4.74 Å². The standard InChI is InChI=1S/C12H18ClNO3S2/c1-14(7-10-3-2-4-17-8-10)19(15,16)12-5-11(6-13)18-9-12/h5,9-10H,2-4,6-8H2,1H3. The largest absolute Gasteiger partial charge is 0.381 e. The molecule has 0 amide bonds. The highest BCUT2D eigenvalue weighted by atomic mass is 35.5. The molecule has 7 heteroatoms. The maximum atomic E-state index is 12.4. The van der Waals surface area contributed by atoms with E-state index in [0.29, 0.717) is 29.8 Å². The summed E-state index contributed by atoms with van der Waals surface area (Å²) in [6.45, 7) is 1.95. The third-order valence-electron chi connectivity index (χ3n) is 3.24. The molecule has 1 aliphatic heterocycles. The number of hydrogen-bond acceptors (Lipinski definition) is 4. The van der Waals surface area contributed by atoms with Crippen molar-refractivity contribution >= 4 is 33.0 Å². The van der Waals surface area contributed by atoms with Crippen LogP contribution in [0.25, 0.3) is 0 Å². The second-order valence-corrected chi connectivity index (χ2v) is 8.06. The van der Waals surface area contributed by atoms with E-state index < -0.39 is 10.0 Å². The first-order valence-corrected chi connectivity index (χ1v) is 9.07. The molecule has 0 radical (unpaired) electrons. The van der Waals surface area contributed by atoms with E-state index in [9.17, 15) is 8.42 Å². The summed E-state index contributed by atoms with van der Waals surface area (Å²) in [5.41, 5.74) is 0. The molecule has 0 saturated carbocycles. The minimum atomic E-state index is -3.40. The Labute approximate surface area is 123 Å². The van der Waals surface area contributed by atoms with Gasteiger partial charge in [0.15, 0.2) is 0 Å². The number of alkyl halides is 1. The molecule has 0 aromatic carbocycles. The second kappa shape index (κ2) is 6.54. The van der Waals surface area contributed by atoms with Gasteiger partial charge in [0.25, 0.3) is 0 Å². The van der Waals surface area contributed by atoms with Gasteiger partial charge in [-0.3, -0.25) is 0 Å². The number of halogens is 1. The number of sulfonamides is 1. The van der Waals surface area contributed by atoms with E-state index in [1.54, 1.807) is 18.5 Å². The van der Waals surface area contributed by atoms with E-state index in [-0.39, 0.29) is 0 Å². The minimum absolute atomic E-state index is 0.291. The third kappa shape index (κ3) is 3.70. The molecule has 4 nitrogen and oxygen atoms in total. The topological polar surface area (TPSA) is 46.6 Å². The fourth-order valence-electron chi connectivity index (χ4n) is 2.16. The fourth-order valence-corrected chi connectivity index (χ4v) is 4.78. The molecule has 2 heterocycles. The first-order valence-electron chi connectivity index (χ1n) is 6.21. The predicted octanol–water partition coefficient (Wildman–Crippen LogP) is 2.53. The zero-order valence-corrected chi connectivity index (χ0v) is 13.2. The number of ether oxygens (including phenoxy) is 1. The van der Waals surface area contributed by atoms with E-state index in [4.69, 9.17) is 16.3 Å². The van der Waals surface area contributed by atoms with Crippen molar-refractivity contribution in [3.63, 3.8) is 0 Å². The van der Waals surface area contributed by atoms with Gasteiger partial charge in [0, 0.05) is 30.5 Å². The Morgan fingerprint density at radius 1 is 1.58 bits per heavy atom. The molecule has 1 unspecified atom stereocenters. The lowest BCUT2D eigenvalue weighted by Gasteiger charge is -2.26. The Balaban J connectivity index is 2.05. The summed E-state index contributed by atoms with van der Waals surface area (Å²) in [7, 11) is -1.77. The van der Waals surface area contributed by atoms with Gasteiger partial charge in [0.05, 0.1) is 17.4 Å². The van der Waals surface area contributed by atoms with E-state index in [0.717, 1.165) is 24.3 Å². The molecule has 1 atom stereocenters. The molecule has 0 bridgehead atoms. The average molecular weight is 324 g/mol. The highest BCUT2D eigenvalue weighted by Gasteiger charge is 2.25. The van der Waals surface area contributed by atoms with Gasteiger partial charge in [-0.05, 0) is 24.8 Å². The monoisotopic (exact) mass is 323 g/mol. The summed E-state index contributed by atoms with van der Waals surface area (Å²) in [4.78, 5) is 1.21. The molecule has 0 spiro atoms. The lowest BCUT2D eigenvalue weighted by Crippen LogP contribution is -2.34. The summed E-state index contributed by atoms with van der Waals surface area (Å²) >= 11 is 7.09. The van der Waals surface area contributed by atoms with Crippen LogP contribution < -0.4 is 0 Å². The Hall–Kier alpha value is -0.140. The Morgan fingerprint density at radius 3 is 2.95 bits per heavy atom. The Bertz CT molecular complexity index is 509. The number of thiophene rings is 1. The molecule has 0 N–H and O–H groups in total. The van der Waals surface area contributed by atoms with Crippen molar-refractivity contribution in [2.24, 2.45) is 5.92 Å². The number of nitrogens with zero attached hydrogens (tertiary/aromatic N) is 1. The van der Waals surface area contributed by atoms with Gasteiger partial charge in [-0.2, -0.15) is 0 Å². The minimum Gasteiger partial charge on any atom is -0.381 e. The molecule has 0 aliphatic carbocycles. The molecule has 1 aliphatic rings. The van der Waals surface area contributed by atoms with Crippen molar-refractivity contribution in [3.8, 4) is 0 Å². The van der Waals surface area contributed by atoms with Crippen molar-refractivity contribution in [2.75, 3.05) is 26.8 Å². The molecule has 108 valence electrons. The summed E-state index contributed by atoms with van der Waals surface area (Å²) in [5, 5.41) is 1.65. The first-order chi connectivity index (χ1) is 9.04. The molecular formula is C12H18ClNO3S2. The number of hydrogen-bond donors (Lipinski definition) is 0. The molecule has 1 aromatic rings. The quantitative estimate of drug-likeness (QED) is 0.782. The van der Waals surface area contributed by atoms with E-state index in [1.807, 2.05) is 0 Å². The predicted molar refractivity (Wildman–Crippen MR) is 77.2 cm³/mol. The molecule has 19 heavy (non-hydrogen) atoms. The fraction of sp³-hybridized carbons (Fsp3) is 0.667. The van der Waals surface area contributed by atoms with Crippen molar-refractivity contribution in [1.29, 1.82) is 0 Å². The smallest absolute Gasteiger partial charge is 0.243 e. The lowest BCUT2D eigenvalue weighted by atomic mass is 10.0. The van der Waals surface area contributed by atoms with Gasteiger partial charge in [0.2, 0.25) is 10.0 Å². The van der Waals surface area contributed by atoms with Crippen LogP contribution in [-0.2, 0) is 20.6 Å². The van der Waals surface area contributed by atoms with Gasteiger partial charge in [0.1, 0.15) is 0 Å². The summed E-state index contributed by atoms with van der Waals surface area (Å²) < 4.78 is 31.6. The van der Waals surface area contributed by atoms with Crippen LogP contribution in [0, 0.1) is 5.92 Å². The van der Waals surface area contributed by atoms with Gasteiger partial charge in [-0.25, -0.2) is 12.7 Å². The van der Waals surface area contributed by atoms with Crippen LogP contribution in [0.3, 0.4) is 0 Å². The van der Waals surface area contributed by atoms with Crippen LogP contribution in [0.15, 0.2) is 16.3 Å². The zero-order valence-electron chi connectivity index (χ0n) is 10.8. The maximum absolute atomic E-state index is 12.4. The van der Waals surface area contributed by atoms with Crippen molar-refractivity contribution in [2.45, 2.75) is 23.6 Å². The Kier molecular flexibility index (Phi) is 5.25. The van der Waals surface area contributed by atoms with Crippen molar-refractivity contribution < 1.29 is 13.2 Å². The Morgan fingerprint density at radius 2 is 2.37 bits per heavy atom. The molecule has 1 saturated heterocycles. The van der Waals surface area contributed by atoms with Crippen LogP contribution in [-0.4, -0.2) is 39.5 Å². The summed E-state index contributed by atoms with van der Waals surface area (Å²) in [6, 6.07) is 1.65. The third-order valence-corrected chi connectivity index (χ3v) is 6.57. The van der Waals surface area contributed by atoms with Gasteiger partial charge in [-0.15, -0.1) is 22.9 Å². The molecule has 1 fully saturated rings. The van der Waals surface area contributed by atoms with Gasteiger partial charge in [-0.1, -0.05) is 0 Å². The normalized spacial score (nSPS) is 20.9. The molecule has 2 rings (SSSR count). The van der Waals surface area contributed by atoms with Crippen LogP contribution in [0.2, 0.25) is 0 Å². The van der Waals surface area contributed by atoms with Gasteiger partial charge >= 0.3 is 0 Å². The first kappa shape index (κ1) is 15.3. The summed E-state index contributed by atoms with van der Waals surface area (Å²) in [6.07, 6.45) is 2.03. The molecular weight excluding hydrogens is 306 g/mol. The molecule has 1 aromatic heterocycles. The highest BCUT2D eigenvalue weighted by molar-refractivity contribution is 7.89. The average Bonchev–Trinajstić information content (AvgIpc) is 2.89. The van der Waals surface area contributed by atoms with Crippen LogP contribution in [0.1, 0.15) is 17.7 Å². The van der Waals surface area contributed by atoms with Crippen LogP contribution in [0.4, 0.5) is 0 Å². The van der Waals surface area contributed by atoms with E-state index in [1.165, 1.54) is 15.6 Å². The van der Waals surface area contributed by atoms with E-state index in [2.05, 4.69) is 0 Å². The zero-order chi connectivity index (χ0) is 13.9. The maximum Gasteiger partial charge on any atom is 0.243 e. The van der Waals surface area contributed by atoms with Crippen LogP contribution in [0.5, 0.6) is 0 Å². The summed E-state index contributed by atoms with van der Waals surface area (Å²) in [5.74, 6) is 0.639. The second-order valence-electron chi connectivity index (χ2n) is 4.75. The van der Waals surface area contributed by atoms with Crippen molar-refractivity contribution in [3.05, 3.63) is 16.3 Å². The number of rotatable bonds is 5. The van der Waals surface area contributed by atoms with E-state index >= 15 is 0 Å².